The molecule has 0 aromatic rings. The van der Waals surface area contributed by atoms with E-state index >= 15 is 0 Å². The first-order chi connectivity index (χ1) is 7.83. The molecule has 1 aliphatic heterocycles. The zero-order valence-electron chi connectivity index (χ0n) is 10.7. The van der Waals surface area contributed by atoms with Gasteiger partial charge in [0.2, 0.25) is 0 Å². The van der Waals surface area contributed by atoms with Gasteiger partial charge >= 0.3 is 6.09 Å². The molecule has 2 atom stereocenters. The van der Waals surface area contributed by atoms with Crippen LogP contribution in [0.4, 0.5) is 9.18 Å². The number of carbonyl (C=O) groups excluding carboxylic acids is 1. The van der Waals surface area contributed by atoms with E-state index in [-0.39, 0.29) is 12.5 Å². The van der Waals surface area contributed by atoms with Crippen LogP contribution in [0.2, 0.25) is 0 Å². The molecular formula is C12H21BrFNO2. The van der Waals surface area contributed by atoms with Crippen molar-refractivity contribution in [3.63, 3.8) is 0 Å². The average Bonchev–Trinajstić information content (AvgIpc) is 2.18. The van der Waals surface area contributed by atoms with Gasteiger partial charge in [-0.1, -0.05) is 15.9 Å². The number of carbonyl (C=O) groups is 1. The Morgan fingerprint density at radius 2 is 2.18 bits per heavy atom. The Labute approximate surface area is 111 Å². The molecule has 5 heteroatoms. The van der Waals surface area contributed by atoms with Gasteiger partial charge in [-0.3, -0.25) is 0 Å². The summed E-state index contributed by atoms with van der Waals surface area (Å²) in [5, 5.41) is 0.810. The summed E-state index contributed by atoms with van der Waals surface area (Å²) in [4.78, 5) is 13.2. The van der Waals surface area contributed by atoms with Gasteiger partial charge in [0.1, 0.15) is 11.8 Å². The van der Waals surface area contributed by atoms with Crippen LogP contribution in [0.3, 0.4) is 0 Å². The molecule has 0 radical (unpaired) electrons. The normalized spacial score (nSPS) is 25.8. The predicted molar refractivity (Wildman–Crippen MR) is 69.2 cm³/mol. The Kier molecular flexibility index (Phi) is 5.22. The van der Waals surface area contributed by atoms with Gasteiger partial charge in [0.05, 0.1) is 6.54 Å². The number of halogens is 2. The van der Waals surface area contributed by atoms with E-state index in [1.54, 1.807) is 0 Å². The second-order valence-corrected chi connectivity index (χ2v) is 6.26. The van der Waals surface area contributed by atoms with E-state index in [9.17, 15) is 9.18 Å². The van der Waals surface area contributed by atoms with Gasteiger partial charge in [-0.15, -0.1) is 0 Å². The highest BCUT2D eigenvalue weighted by atomic mass is 79.9. The van der Waals surface area contributed by atoms with Gasteiger partial charge in [0, 0.05) is 11.9 Å². The van der Waals surface area contributed by atoms with Crippen molar-refractivity contribution in [2.24, 2.45) is 5.92 Å². The monoisotopic (exact) mass is 309 g/mol. The number of alkyl halides is 2. The van der Waals surface area contributed by atoms with Crippen LogP contribution >= 0.6 is 15.9 Å². The number of ether oxygens (including phenoxy) is 1. The van der Waals surface area contributed by atoms with E-state index in [1.807, 2.05) is 20.8 Å². The topological polar surface area (TPSA) is 29.5 Å². The van der Waals surface area contributed by atoms with Crippen LogP contribution in [-0.4, -0.2) is 41.2 Å². The van der Waals surface area contributed by atoms with E-state index < -0.39 is 17.9 Å². The van der Waals surface area contributed by atoms with Crippen LogP contribution in [0.1, 0.15) is 33.6 Å². The van der Waals surface area contributed by atoms with Crippen molar-refractivity contribution in [1.29, 1.82) is 0 Å². The maximum atomic E-state index is 13.8. The number of amides is 1. The van der Waals surface area contributed by atoms with Crippen molar-refractivity contribution in [3.05, 3.63) is 0 Å². The molecule has 2 unspecified atom stereocenters. The summed E-state index contributed by atoms with van der Waals surface area (Å²) in [5.74, 6) is 0.0630. The van der Waals surface area contributed by atoms with Gasteiger partial charge in [0.15, 0.2) is 0 Å². The van der Waals surface area contributed by atoms with Crippen LogP contribution in [0.5, 0.6) is 0 Å². The van der Waals surface area contributed by atoms with Gasteiger partial charge in [-0.2, -0.15) is 0 Å². The molecule has 1 saturated heterocycles. The summed E-state index contributed by atoms with van der Waals surface area (Å²) >= 11 is 3.32. The van der Waals surface area contributed by atoms with Crippen molar-refractivity contribution in [2.45, 2.75) is 45.4 Å². The fourth-order valence-electron chi connectivity index (χ4n) is 1.91. The molecule has 0 bridgehead atoms. The van der Waals surface area contributed by atoms with Gasteiger partial charge in [-0.25, -0.2) is 9.18 Å². The Morgan fingerprint density at radius 1 is 1.53 bits per heavy atom. The summed E-state index contributed by atoms with van der Waals surface area (Å²) in [7, 11) is 0. The number of hydrogen-bond acceptors (Lipinski definition) is 2. The third kappa shape index (κ3) is 4.82. The lowest BCUT2D eigenvalue weighted by Gasteiger charge is -2.35. The lowest BCUT2D eigenvalue weighted by molar-refractivity contribution is 0.00527. The molecule has 0 aromatic carbocycles. The Hall–Kier alpha value is -0.320. The fourth-order valence-corrected chi connectivity index (χ4v) is 2.50. The minimum Gasteiger partial charge on any atom is -0.444 e. The summed E-state index contributed by atoms with van der Waals surface area (Å²) < 4.78 is 19.0. The largest absolute Gasteiger partial charge is 0.444 e. The first-order valence-electron chi connectivity index (χ1n) is 6.01. The molecule has 1 fully saturated rings. The average molecular weight is 310 g/mol. The molecule has 0 aliphatic carbocycles. The molecule has 3 nitrogen and oxygen atoms in total. The smallest absolute Gasteiger partial charge is 0.410 e. The number of nitrogens with zero attached hydrogens (tertiary/aromatic N) is 1. The SMILES string of the molecule is CC(C)(C)OC(=O)N1CCC(CCBr)C(F)C1. The standard InChI is InChI=1S/C12H21BrFNO2/c1-12(2,3)17-11(16)15-7-5-9(4-6-13)10(14)8-15/h9-10H,4-8H2,1-3H3. The van der Waals surface area contributed by atoms with Gasteiger partial charge < -0.3 is 9.64 Å². The number of likely N-dealkylation sites (tertiary alicyclic amines) is 1. The van der Waals surface area contributed by atoms with Crippen molar-refractivity contribution in [1.82, 2.24) is 4.90 Å². The summed E-state index contributed by atoms with van der Waals surface area (Å²) in [6, 6.07) is 0. The third-order valence-electron chi connectivity index (χ3n) is 2.81. The molecule has 0 spiro atoms. The van der Waals surface area contributed by atoms with Crippen LogP contribution in [0.25, 0.3) is 0 Å². The van der Waals surface area contributed by atoms with Crippen molar-refractivity contribution >= 4 is 22.0 Å². The van der Waals surface area contributed by atoms with Crippen molar-refractivity contribution in [3.8, 4) is 0 Å². The highest BCUT2D eigenvalue weighted by Gasteiger charge is 2.32. The van der Waals surface area contributed by atoms with Crippen molar-refractivity contribution < 1.29 is 13.9 Å². The lowest BCUT2D eigenvalue weighted by atomic mass is 9.93. The molecule has 1 aliphatic rings. The maximum absolute atomic E-state index is 13.8. The highest BCUT2D eigenvalue weighted by Crippen LogP contribution is 2.25. The molecular weight excluding hydrogens is 289 g/mol. The number of rotatable bonds is 2. The molecule has 1 amide bonds. The van der Waals surface area contributed by atoms with Crippen LogP contribution in [0, 0.1) is 5.92 Å². The number of piperidine rings is 1. The van der Waals surface area contributed by atoms with Gasteiger partial charge in [-0.05, 0) is 39.5 Å². The zero-order valence-corrected chi connectivity index (χ0v) is 12.3. The predicted octanol–water partition coefficient (Wildman–Crippen LogP) is 3.37. The first-order valence-corrected chi connectivity index (χ1v) is 7.13. The van der Waals surface area contributed by atoms with Crippen LogP contribution in [-0.2, 0) is 4.74 Å². The zero-order chi connectivity index (χ0) is 13.1. The molecule has 100 valence electrons. The van der Waals surface area contributed by atoms with Crippen LogP contribution < -0.4 is 0 Å². The molecule has 0 N–H and O–H groups in total. The molecule has 17 heavy (non-hydrogen) atoms. The number of hydrogen-bond donors (Lipinski definition) is 0. The molecule has 0 saturated carbocycles. The Balaban J connectivity index is 2.46. The quantitative estimate of drug-likeness (QED) is 0.732. The summed E-state index contributed by atoms with van der Waals surface area (Å²) in [6.45, 7) is 6.19. The second-order valence-electron chi connectivity index (χ2n) is 5.47. The third-order valence-corrected chi connectivity index (χ3v) is 3.27. The van der Waals surface area contributed by atoms with E-state index in [1.165, 1.54) is 4.90 Å². The van der Waals surface area contributed by atoms with Gasteiger partial charge in [0.25, 0.3) is 0 Å². The van der Waals surface area contributed by atoms with E-state index in [0.29, 0.717) is 13.0 Å². The van der Waals surface area contributed by atoms with Crippen LogP contribution in [0.15, 0.2) is 0 Å². The van der Waals surface area contributed by atoms with E-state index in [2.05, 4.69) is 15.9 Å². The van der Waals surface area contributed by atoms with E-state index in [4.69, 9.17) is 4.74 Å². The second kappa shape index (κ2) is 6.03. The Morgan fingerprint density at radius 3 is 2.65 bits per heavy atom. The molecule has 0 aromatic heterocycles. The fraction of sp³-hybridized carbons (Fsp3) is 0.917. The molecule has 1 heterocycles. The van der Waals surface area contributed by atoms with E-state index in [0.717, 1.165) is 11.8 Å². The minimum absolute atomic E-state index is 0.0630. The maximum Gasteiger partial charge on any atom is 0.410 e. The summed E-state index contributed by atoms with van der Waals surface area (Å²) in [5.41, 5.74) is -0.518. The molecule has 1 rings (SSSR count). The van der Waals surface area contributed by atoms with Crippen molar-refractivity contribution in [2.75, 3.05) is 18.4 Å². The first kappa shape index (κ1) is 14.7. The minimum atomic E-state index is -0.936. The highest BCUT2D eigenvalue weighted by molar-refractivity contribution is 9.09. The lowest BCUT2D eigenvalue weighted by Crippen LogP contribution is -2.46. The Bertz CT molecular complexity index is 268. The summed E-state index contributed by atoms with van der Waals surface area (Å²) in [6.07, 6.45) is 0.196.